The van der Waals surface area contributed by atoms with Crippen LogP contribution >= 0.6 is 0 Å². The average Bonchev–Trinajstić information content (AvgIpc) is 2.30. The van der Waals surface area contributed by atoms with Gasteiger partial charge in [0.05, 0.1) is 6.04 Å². The van der Waals surface area contributed by atoms with Gasteiger partial charge in [-0.3, -0.25) is 0 Å². The highest BCUT2D eigenvalue weighted by Gasteiger charge is 2.26. The quantitative estimate of drug-likeness (QED) is 0.606. The van der Waals surface area contributed by atoms with Crippen LogP contribution in [0.5, 0.6) is 5.75 Å². The number of rotatable bonds is 0. The van der Waals surface area contributed by atoms with Crippen molar-refractivity contribution in [1.29, 1.82) is 0 Å². The number of hydrogen-bond donors (Lipinski definition) is 1. The fraction of sp³-hybridized carbons (Fsp3) is 0.333. The lowest BCUT2D eigenvalue weighted by molar-refractivity contribution is 0.228. The van der Waals surface area contributed by atoms with E-state index in [2.05, 4.69) is 0 Å². The van der Waals surface area contributed by atoms with Crippen molar-refractivity contribution >= 4 is 0 Å². The molecule has 0 saturated heterocycles. The standard InChI is InChI=1S/C9H11NO/c1-6-9(10)7-4-2-3-5-8(7)11-6/h2-6,9H,10H2,1H3/t6-,9+/m0/s1. The maximum absolute atomic E-state index is 5.86. The van der Waals surface area contributed by atoms with Crippen molar-refractivity contribution in [2.24, 2.45) is 5.73 Å². The molecule has 0 aliphatic carbocycles. The van der Waals surface area contributed by atoms with E-state index in [0.717, 1.165) is 11.3 Å². The number of hydrogen-bond acceptors (Lipinski definition) is 2. The molecule has 0 aromatic heterocycles. The first-order chi connectivity index (χ1) is 5.29. The molecule has 11 heavy (non-hydrogen) atoms. The van der Waals surface area contributed by atoms with Crippen molar-refractivity contribution in [2.75, 3.05) is 0 Å². The van der Waals surface area contributed by atoms with Crippen molar-refractivity contribution in [1.82, 2.24) is 0 Å². The molecule has 58 valence electrons. The zero-order valence-electron chi connectivity index (χ0n) is 6.45. The summed E-state index contributed by atoms with van der Waals surface area (Å²) in [6.07, 6.45) is 0.118. The molecule has 1 aromatic rings. The largest absolute Gasteiger partial charge is 0.488 e. The van der Waals surface area contributed by atoms with Crippen molar-refractivity contribution < 1.29 is 4.74 Å². The Labute approximate surface area is 66.0 Å². The molecular weight excluding hydrogens is 138 g/mol. The third-order valence-electron chi connectivity index (χ3n) is 2.10. The van der Waals surface area contributed by atoms with Crippen LogP contribution in [-0.4, -0.2) is 6.10 Å². The zero-order valence-corrected chi connectivity index (χ0v) is 6.45. The van der Waals surface area contributed by atoms with Crippen LogP contribution in [0.4, 0.5) is 0 Å². The number of benzene rings is 1. The van der Waals surface area contributed by atoms with Gasteiger partial charge in [-0.1, -0.05) is 18.2 Å². The molecule has 2 N–H and O–H groups in total. The van der Waals surface area contributed by atoms with E-state index < -0.39 is 0 Å². The highest BCUT2D eigenvalue weighted by Crippen LogP contribution is 2.34. The lowest BCUT2D eigenvalue weighted by Gasteiger charge is -2.07. The van der Waals surface area contributed by atoms with E-state index in [0.29, 0.717) is 0 Å². The minimum absolute atomic E-state index is 0.0474. The highest BCUT2D eigenvalue weighted by atomic mass is 16.5. The third kappa shape index (κ3) is 0.906. The summed E-state index contributed by atoms with van der Waals surface area (Å²) in [6, 6.07) is 7.97. The van der Waals surface area contributed by atoms with E-state index in [4.69, 9.17) is 10.5 Å². The van der Waals surface area contributed by atoms with Gasteiger partial charge in [0, 0.05) is 5.56 Å². The second kappa shape index (κ2) is 2.24. The molecule has 0 radical (unpaired) electrons. The van der Waals surface area contributed by atoms with E-state index in [1.165, 1.54) is 0 Å². The Morgan fingerprint density at radius 1 is 1.36 bits per heavy atom. The first-order valence-corrected chi connectivity index (χ1v) is 3.80. The van der Waals surface area contributed by atoms with Gasteiger partial charge in [-0.05, 0) is 13.0 Å². The summed E-state index contributed by atoms with van der Waals surface area (Å²) in [7, 11) is 0. The van der Waals surface area contributed by atoms with Crippen LogP contribution in [0.25, 0.3) is 0 Å². The molecule has 2 atom stereocenters. The minimum Gasteiger partial charge on any atom is -0.488 e. The molecule has 0 fully saturated rings. The zero-order chi connectivity index (χ0) is 7.84. The van der Waals surface area contributed by atoms with E-state index >= 15 is 0 Å². The minimum atomic E-state index is 0.0474. The second-order valence-corrected chi connectivity index (χ2v) is 2.89. The predicted octanol–water partition coefficient (Wildman–Crippen LogP) is 1.47. The van der Waals surface area contributed by atoms with Gasteiger partial charge in [0.2, 0.25) is 0 Å². The SMILES string of the molecule is C[C@@H]1Oc2ccccc2[C@@H]1N. The van der Waals surface area contributed by atoms with E-state index in [9.17, 15) is 0 Å². The van der Waals surface area contributed by atoms with Gasteiger partial charge < -0.3 is 10.5 Å². The molecule has 0 spiro atoms. The van der Waals surface area contributed by atoms with Crippen LogP contribution in [0.2, 0.25) is 0 Å². The Bertz CT molecular complexity index is 272. The topological polar surface area (TPSA) is 35.2 Å². The van der Waals surface area contributed by atoms with Crippen molar-refractivity contribution in [3.05, 3.63) is 29.8 Å². The molecule has 1 aromatic carbocycles. The van der Waals surface area contributed by atoms with Crippen molar-refractivity contribution in [2.45, 2.75) is 19.1 Å². The monoisotopic (exact) mass is 149 g/mol. The van der Waals surface area contributed by atoms with Gasteiger partial charge >= 0.3 is 0 Å². The summed E-state index contributed by atoms with van der Waals surface area (Å²) in [5.41, 5.74) is 6.99. The molecule has 0 saturated carbocycles. The van der Waals surface area contributed by atoms with Gasteiger partial charge in [0.1, 0.15) is 11.9 Å². The highest BCUT2D eigenvalue weighted by molar-refractivity contribution is 5.39. The van der Waals surface area contributed by atoms with E-state index in [1.807, 2.05) is 31.2 Å². The Balaban J connectivity index is 2.47. The summed E-state index contributed by atoms with van der Waals surface area (Å²) >= 11 is 0. The molecule has 2 heteroatoms. The molecule has 0 unspecified atom stereocenters. The second-order valence-electron chi connectivity index (χ2n) is 2.89. The first kappa shape index (κ1) is 6.68. The van der Waals surface area contributed by atoms with Gasteiger partial charge in [0.25, 0.3) is 0 Å². The lowest BCUT2D eigenvalue weighted by atomic mass is 10.1. The number of ether oxygens (including phenoxy) is 1. The Morgan fingerprint density at radius 2 is 2.09 bits per heavy atom. The molecule has 1 aliphatic rings. The molecule has 1 aliphatic heterocycles. The van der Waals surface area contributed by atoms with E-state index in [-0.39, 0.29) is 12.1 Å². The summed E-state index contributed by atoms with van der Waals surface area (Å²) in [4.78, 5) is 0. The van der Waals surface area contributed by atoms with Gasteiger partial charge in [-0.2, -0.15) is 0 Å². The summed E-state index contributed by atoms with van der Waals surface area (Å²) < 4.78 is 5.49. The van der Waals surface area contributed by atoms with Crippen LogP contribution in [-0.2, 0) is 0 Å². The van der Waals surface area contributed by atoms with Crippen molar-refractivity contribution in [3.63, 3.8) is 0 Å². The normalized spacial score (nSPS) is 27.8. The third-order valence-corrected chi connectivity index (χ3v) is 2.10. The number of fused-ring (bicyclic) bond motifs is 1. The lowest BCUT2D eigenvalue weighted by Crippen LogP contribution is -2.21. The van der Waals surface area contributed by atoms with Gasteiger partial charge in [-0.15, -0.1) is 0 Å². The Hall–Kier alpha value is -1.02. The molecule has 2 nitrogen and oxygen atoms in total. The van der Waals surface area contributed by atoms with Crippen LogP contribution in [0.3, 0.4) is 0 Å². The average molecular weight is 149 g/mol. The maximum atomic E-state index is 5.86. The smallest absolute Gasteiger partial charge is 0.124 e. The van der Waals surface area contributed by atoms with Crippen LogP contribution in [0.15, 0.2) is 24.3 Å². The van der Waals surface area contributed by atoms with Crippen LogP contribution in [0, 0.1) is 0 Å². The molecular formula is C9H11NO. The number of para-hydroxylation sites is 1. The fourth-order valence-corrected chi connectivity index (χ4v) is 1.39. The molecule has 2 rings (SSSR count). The summed E-state index contributed by atoms with van der Waals surface area (Å²) in [5.74, 6) is 0.938. The predicted molar refractivity (Wildman–Crippen MR) is 43.5 cm³/mol. The Morgan fingerprint density at radius 3 is 2.82 bits per heavy atom. The summed E-state index contributed by atoms with van der Waals surface area (Å²) in [6.45, 7) is 1.99. The number of nitrogens with two attached hydrogens (primary N) is 1. The maximum Gasteiger partial charge on any atom is 0.124 e. The van der Waals surface area contributed by atoms with Crippen LogP contribution < -0.4 is 10.5 Å². The van der Waals surface area contributed by atoms with Gasteiger partial charge in [-0.25, -0.2) is 0 Å². The van der Waals surface area contributed by atoms with Gasteiger partial charge in [0.15, 0.2) is 0 Å². The van der Waals surface area contributed by atoms with Crippen LogP contribution in [0.1, 0.15) is 18.5 Å². The van der Waals surface area contributed by atoms with E-state index in [1.54, 1.807) is 0 Å². The fourth-order valence-electron chi connectivity index (χ4n) is 1.39. The first-order valence-electron chi connectivity index (χ1n) is 3.80. The molecule has 1 heterocycles. The molecule has 0 amide bonds. The molecule has 0 bridgehead atoms. The summed E-state index contributed by atoms with van der Waals surface area (Å²) in [5, 5.41) is 0. The Kier molecular flexibility index (Phi) is 1.36. The van der Waals surface area contributed by atoms with Crippen molar-refractivity contribution in [3.8, 4) is 5.75 Å².